The van der Waals surface area contributed by atoms with E-state index < -0.39 is 21.7 Å². The molecule has 2 amide bonds. The van der Waals surface area contributed by atoms with Gasteiger partial charge in [-0.2, -0.15) is 0 Å². The zero-order chi connectivity index (χ0) is 27.9. The fourth-order valence-corrected chi connectivity index (χ4v) is 5.32. The molecule has 0 aliphatic rings. The summed E-state index contributed by atoms with van der Waals surface area (Å²) in [5.74, 6) is -1.27. The number of hydrogen-bond donors (Lipinski definition) is 4. The van der Waals surface area contributed by atoms with Gasteiger partial charge >= 0.3 is 0 Å². The number of carbonyl (C=O) groups excluding carboxylic acids is 2. The minimum absolute atomic E-state index is 0.0186. The van der Waals surface area contributed by atoms with Gasteiger partial charge < -0.3 is 16.0 Å². The maximum atomic E-state index is 13.3. The normalized spacial score (nSPS) is 11.6. The molecule has 0 fully saturated rings. The first-order chi connectivity index (χ1) is 18.5. The SMILES string of the molecule is Cc1c(NC(=O)c2ccc(F)cc2)cccc1-c1ccc(CC(N)=O)c2[nH]c3cc(NS(C)(=O)=O)ccc3c12. The molecule has 5 N–H and O–H groups in total. The summed E-state index contributed by atoms with van der Waals surface area (Å²) in [6.07, 6.45) is 1.10. The molecule has 0 atom stereocenters. The summed E-state index contributed by atoms with van der Waals surface area (Å²) in [4.78, 5) is 28.0. The van der Waals surface area contributed by atoms with Crippen LogP contribution >= 0.6 is 0 Å². The Morgan fingerprint density at radius 1 is 0.974 bits per heavy atom. The number of aromatic amines is 1. The van der Waals surface area contributed by atoms with Crippen molar-refractivity contribution >= 4 is 55.0 Å². The average molecular weight is 545 g/mol. The quantitative estimate of drug-likeness (QED) is 0.227. The molecule has 39 heavy (non-hydrogen) atoms. The van der Waals surface area contributed by atoms with E-state index in [1.54, 1.807) is 18.2 Å². The molecule has 5 rings (SSSR count). The second-order valence-electron chi connectivity index (χ2n) is 9.36. The van der Waals surface area contributed by atoms with Crippen molar-refractivity contribution in [3.05, 3.63) is 95.3 Å². The van der Waals surface area contributed by atoms with Crippen molar-refractivity contribution in [1.82, 2.24) is 4.98 Å². The van der Waals surface area contributed by atoms with E-state index in [2.05, 4.69) is 15.0 Å². The van der Waals surface area contributed by atoms with Crippen molar-refractivity contribution < 1.29 is 22.4 Å². The van der Waals surface area contributed by atoms with Crippen LogP contribution in [0.1, 0.15) is 21.5 Å². The Morgan fingerprint density at radius 2 is 1.72 bits per heavy atom. The highest BCUT2D eigenvalue weighted by molar-refractivity contribution is 7.92. The number of aromatic nitrogens is 1. The first kappa shape index (κ1) is 25.9. The Labute approximate surface area is 224 Å². The number of halogens is 1. The van der Waals surface area contributed by atoms with Gasteiger partial charge in [-0.25, -0.2) is 12.8 Å². The zero-order valence-corrected chi connectivity index (χ0v) is 21.9. The van der Waals surface area contributed by atoms with Gasteiger partial charge in [0.25, 0.3) is 5.91 Å². The Balaban J connectivity index is 1.65. The Hall–Kier alpha value is -4.70. The Kier molecular flexibility index (Phi) is 6.57. The maximum Gasteiger partial charge on any atom is 0.255 e. The number of amides is 2. The van der Waals surface area contributed by atoms with Crippen LogP contribution in [0.5, 0.6) is 0 Å². The van der Waals surface area contributed by atoms with Gasteiger partial charge in [0.1, 0.15) is 5.82 Å². The number of rotatable bonds is 7. The first-order valence-corrected chi connectivity index (χ1v) is 13.9. The summed E-state index contributed by atoms with van der Waals surface area (Å²) in [6, 6.07) is 19.8. The standard InChI is InChI=1S/C29H25FN4O4S/c1-16-21(4-3-5-24(16)33-29(36)17-6-9-19(30)10-7-17)22-12-8-18(14-26(31)35)28-27(22)23-13-11-20(15-25(23)32-28)34-39(2,37)38/h3-13,15,32,34H,14H2,1-2H3,(H2,31,35)(H,33,36). The van der Waals surface area contributed by atoms with E-state index in [0.717, 1.165) is 33.7 Å². The monoisotopic (exact) mass is 544 g/mol. The third kappa shape index (κ3) is 5.32. The minimum atomic E-state index is -3.47. The molecule has 4 aromatic carbocycles. The van der Waals surface area contributed by atoms with Crippen molar-refractivity contribution in [3.8, 4) is 11.1 Å². The predicted octanol–water partition coefficient (Wildman–Crippen LogP) is 5.09. The van der Waals surface area contributed by atoms with Gasteiger partial charge in [-0.05, 0) is 71.6 Å². The number of anilines is 2. The van der Waals surface area contributed by atoms with E-state index in [0.29, 0.717) is 33.5 Å². The number of nitrogens with two attached hydrogens (primary N) is 1. The molecule has 0 aliphatic heterocycles. The van der Waals surface area contributed by atoms with E-state index >= 15 is 0 Å². The van der Waals surface area contributed by atoms with Gasteiger partial charge in [0.2, 0.25) is 15.9 Å². The van der Waals surface area contributed by atoms with E-state index in [1.165, 1.54) is 24.3 Å². The van der Waals surface area contributed by atoms with E-state index in [4.69, 9.17) is 5.73 Å². The highest BCUT2D eigenvalue weighted by Crippen LogP contribution is 2.40. The smallest absolute Gasteiger partial charge is 0.255 e. The zero-order valence-electron chi connectivity index (χ0n) is 21.1. The van der Waals surface area contributed by atoms with Gasteiger partial charge in [0.15, 0.2) is 0 Å². The van der Waals surface area contributed by atoms with Crippen LogP contribution in [0.3, 0.4) is 0 Å². The van der Waals surface area contributed by atoms with Crippen LogP contribution in [0.4, 0.5) is 15.8 Å². The van der Waals surface area contributed by atoms with Crippen LogP contribution in [-0.4, -0.2) is 31.5 Å². The lowest BCUT2D eigenvalue weighted by atomic mass is 9.92. The minimum Gasteiger partial charge on any atom is -0.369 e. The molecule has 0 saturated carbocycles. The lowest BCUT2D eigenvalue weighted by molar-refractivity contribution is -0.117. The highest BCUT2D eigenvalue weighted by atomic mass is 32.2. The number of hydrogen-bond acceptors (Lipinski definition) is 4. The summed E-state index contributed by atoms with van der Waals surface area (Å²) < 4.78 is 39.3. The number of benzene rings is 4. The molecule has 1 aromatic heterocycles. The molecule has 0 saturated heterocycles. The number of carbonyl (C=O) groups is 2. The van der Waals surface area contributed by atoms with Crippen LogP contribution in [0, 0.1) is 12.7 Å². The molecule has 0 bridgehead atoms. The van der Waals surface area contributed by atoms with Crippen molar-refractivity contribution in [2.45, 2.75) is 13.3 Å². The van der Waals surface area contributed by atoms with Crippen LogP contribution in [-0.2, 0) is 21.2 Å². The lowest BCUT2D eigenvalue weighted by Crippen LogP contribution is -2.14. The fraction of sp³-hybridized carbons (Fsp3) is 0.103. The number of H-pyrrole nitrogens is 1. The fourth-order valence-electron chi connectivity index (χ4n) is 4.76. The predicted molar refractivity (Wildman–Crippen MR) is 152 cm³/mol. The summed E-state index contributed by atoms with van der Waals surface area (Å²) >= 11 is 0. The third-order valence-corrected chi connectivity index (χ3v) is 7.09. The molecular formula is C29H25FN4O4S. The van der Waals surface area contributed by atoms with Gasteiger partial charge in [0.05, 0.1) is 23.9 Å². The number of primary amides is 1. The third-order valence-electron chi connectivity index (χ3n) is 6.49. The molecule has 1 heterocycles. The summed E-state index contributed by atoms with van der Waals surface area (Å²) in [6.45, 7) is 1.89. The van der Waals surface area contributed by atoms with Crippen LogP contribution in [0.2, 0.25) is 0 Å². The van der Waals surface area contributed by atoms with E-state index in [1.807, 2.05) is 37.3 Å². The van der Waals surface area contributed by atoms with Gasteiger partial charge in [-0.3, -0.25) is 14.3 Å². The Morgan fingerprint density at radius 3 is 2.41 bits per heavy atom. The highest BCUT2D eigenvalue weighted by Gasteiger charge is 2.18. The molecule has 0 aliphatic carbocycles. The van der Waals surface area contributed by atoms with Crippen molar-refractivity contribution in [1.29, 1.82) is 0 Å². The van der Waals surface area contributed by atoms with E-state index in [9.17, 15) is 22.4 Å². The van der Waals surface area contributed by atoms with Crippen LogP contribution in [0.15, 0.2) is 72.8 Å². The molecule has 10 heteroatoms. The second-order valence-corrected chi connectivity index (χ2v) is 11.1. The number of fused-ring (bicyclic) bond motifs is 3. The maximum absolute atomic E-state index is 13.3. The topological polar surface area (TPSA) is 134 Å². The summed E-state index contributed by atoms with van der Waals surface area (Å²) in [5.41, 5.74) is 11.4. The van der Waals surface area contributed by atoms with Gasteiger partial charge in [0, 0.05) is 27.5 Å². The van der Waals surface area contributed by atoms with Gasteiger partial charge in [-0.1, -0.05) is 30.3 Å². The van der Waals surface area contributed by atoms with Gasteiger partial charge in [-0.15, -0.1) is 0 Å². The van der Waals surface area contributed by atoms with Crippen molar-refractivity contribution in [3.63, 3.8) is 0 Å². The molecular weight excluding hydrogens is 519 g/mol. The molecule has 5 aromatic rings. The average Bonchev–Trinajstić information content (AvgIpc) is 3.24. The van der Waals surface area contributed by atoms with Crippen molar-refractivity contribution in [2.75, 3.05) is 16.3 Å². The Bertz CT molecular complexity index is 1880. The molecule has 0 radical (unpaired) electrons. The van der Waals surface area contributed by atoms with Crippen molar-refractivity contribution in [2.24, 2.45) is 5.73 Å². The largest absolute Gasteiger partial charge is 0.369 e. The second kappa shape index (κ2) is 9.88. The summed E-state index contributed by atoms with van der Waals surface area (Å²) in [5, 5.41) is 4.56. The first-order valence-electron chi connectivity index (χ1n) is 12.0. The summed E-state index contributed by atoms with van der Waals surface area (Å²) in [7, 11) is -3.47. The van der Waals surface area contributed by atoms with E-state index in [-0.39, 0.29) is 12.3 Å². The lowest BCUT2D eigenvalue weighted by Gasteiger charge is -2.15. The number of sulfonamides is 1. The number of nitrogens with one attached hydrogen (secondary N) is 3. The molecule has 198 valence electrons. The van der Waals surface area contributed by atoms with Crippen LogP contribution in [0.25, 0.3) is 32.9 Å². The molecule has 8 nitrogen and oxygen atoms in total. The van der Waals surface area contributed by atoms with Crippen LogP contribution < -0.4 is 15.8 Å². The molecule has 0 unspecified atom stereocenters. The molecule has 0 spiro atoms.